The number of hydrogen-bond acceptors (Lipinski definition) is 1. The molecular formula is C16H21ClFN. The summed E-state index contributed by atoms with van der Waals surface area (Å²) < 4.78 is 13.1. The maximum atomic E-state index is 13.1. The Morgan fingerprint density at radius 1 is 1.32 bits per heavy atom. The number of benzene rings is 1. The van der Waals surface area contributed by atoms with Crippen molar-refractivity contribution < 1.29 is 4.39 Å². The molecule has 1 atom stereocenters. The van der Waals surface area contributed by atoms with Crippen LogP contribution >= 0.6 is 11.6 Å². The second-order valence-electron chi connectivity index (χ2n) is 5.16. The molecular weight excluding hydrogens is 261 g/mol. The smallest absolute Gasteiger partial charge is 0.124 e. The Kier molecular flexibility index (Phi) is 5.41. The fourth-order valence-corrected chi connectivity index (χ4v) is 2.93. The predicted octanol–water partition coefficient (Wildman–Crippen LogP) is 4.50. The first kappa shape index (κ1) is 14.5. The lowest BCUT2D eigenvalue weighted by Gasteiger charge is -2.20. The highest BCUT2D eigenvalue weighted by Gasteiger charge is 2.16. The number of hydrogen-bond donors (Lipinski definition) is 1. The van der Waals surface area contributed by atoms with Gasteiger partial charge in [0.2, 0.25) is 0 Å². The molecule has 104 valence electrons. The van der Waals surface area contributed by atoms with Crippen LogP contribution < -0.4 is 5.32 Å². The number of rotatable bonds is 4. The third kappa shape index (κ3) is 4.05. The molecule has 0 heterocycles. The average Bonchev–Trinajstić information content (AvgIpc) is 2.67. The van der Waals surface area contributed by atoms with Gasteiger partial charge in [-0.3, -0.25) is 0 Å². The fraction of sp³-hybridized carbons (Fsp3) is 0.500. The minimum atomic E-state index is -0.275. The molecule has 0 amide bonds. The van der Waals surface area contributed by atoms with E-state index in [0.717, 1.165) is 18.4 Å². The minimum Gasteiger partial charge on any atom is -0.313 e. The first-order chi connectivity index (χ1) is 9.20. The van der Waals surface area contributed by atoms with Crippen LogP contribution in [-0.4, -0.2) is 13.1 Å². The Balaban J connectivity index is 2.11. The molecule has 0 radical (unpaired) electrons. The molecule has 0 saturated heterocycles. The van der Waals surface area contributed by atoms with Crippen LogP contribution in [0.5, 0.6) is 0 Å². The van der Waals surface area contributed by atoms with Crippen molar-refractivity contribution in [3.63, 3.8) is 0 Å². The number of allylic oxidation sites excluding steroid dienone is 1. The Bertz CT molecular complexity index is 456. The molecule has 0 fully saturated rings. The summed E-state index contributed by atoms with van der Waals surface area (Å²) in [7, 11) is 1.98. The van der Waals surface area contributed by atoms with E-state index in [0.29, 0.717) is 11.1 Å². The van der Waals surface area contributed by atoms with Gasteiger partial charge in [0.25, 0.3) is 0 Å². The van der Waals surface area contributed by atoms with Crippen LogP contribution in [0.3, 0.4) is 0 Å². The van der Waals surface area contributed by atoms with Gasteiger partial charge < -0.3 is 5.32 Å². The molecule has 1 aliphatic carbocycles. The van der Waals surface area contributed by atoms with Gasteiger partial charge >= 0.3 is 0 Å². The highest BCUT2D eigenvalue weighted by molar-refractivity contribution is 6.31. The summed E-state index contributed by atoms with van der Waals surface area (Å²) >= 11 is 6.11. The summed E-state index contributed by atoms with van der Waals surface area (Å²) in [6.07, 6.45) is 9.38. The van der Waals surface area contributed by atoms with E-state index in [1.165, 1.54) is 43.4 Å². The minimum absolute atomic E-state index is 0.275. The first-order valence-electron chi connectivity index (χ1n) is 7.01. The zero-order chi connectivity index (χ0) is 13.7. The van der Waals surface area contributed by atoms with Gasteiger partial charge in [-0.1, -0.05) is 35.7 Å². The second-order valence-corrected chi connectivity index (χ2v) is 5.57. The number of likely N-dealkylation sites (N-methyl/N-ethyl adjacent to an activating group) is 1. The molecule has 1 nitrogen and oxygen atoms in total. The van der Waals surface area contributed by atoms with Crippen molar-refractivity contribution in [2.75, 3.05) is 7.05 Å². The molecule has 1 N–H and O–H groups in total. The highest BCUT2D eigenvalue weighted by atomic mass is 35.5. The van der Waals surface area contributed by atoms with Crippen molar-refractivity contribution in [1.82, 2.24) is 5.32 Å². The molecule has 0 aromatic heterocycles. The van der Waals surface area contributed by atoms with E-state index in [-0.39, 0.29) is 5.82 Å². The van der Waals surface area contributed by atoms with Crippen LogP contribution in [-0.2, 0) is 6.42 Å². The van der Waals surface area contributed by atoms with Gasteiger partial charge in [-0.05, 0) is 56.8 Å². The normalized spacial score (nSPS) is 17.7. The molecule has 0 saturated carbocycles. The topological polar surface area (TPSA) is 12.0 Å². The molecule has 0 spiro atoms. The van der Waals surface area contributed by atoms with Gasteiger partial charge in [-0.15, -0.1) is 0 Å². The lowest BCUT2D eigenvalue weighted by atomic mass is 9.95. The predicted molar refractivity (Wildman–Crippen MR) is 79.1 cm³/mol. The Hall–Kier alpha value is -0.860. The first-order valence-corrected chi connectivity index (χ1v) is 7.38. The van der Waals surface area contributed by atoms with E-state index in [4.69, 9.17) is 11.6 Å². The third-order valence-electron chi connectivity index (χ3n) is 3.81. The van der Waals surface area contributed by atoms with Crippen LogP contribution in [0.1, 0.15) is 37.7 Å². The Morgan fingerprint density at radius 2 is 2.16 bits per heavy atom. The Morgan fingerprint density at radius 3 is 2.89 bits per heavy atom. The van der Waals surface area contributed by atoms with Crippen molar-refractivity contribution in [2.24, 2.45) is 0 Å². The van der Waals surface area contributed by atoms with E-state index in [2.05, 4.69) is 11.4 Å². The summed E-state index contributed by atoms with van der Waals surface area (Å²) in [6.45, 7) is 0. The summed E-state index contributed by atoms with van der Waals surface area (Å²) in [5.41, 5.74) is 2.48. The van der Waals surface area contributed by atoms with Gasteiger partial charge in [0.1, 0.15) is 5.82 Å². The maximum Gasteiger partial charge on any atom is 0.124 e. The van der Waals surface area contributed by atoms with E-state index in [1.54, 1.807) is 6.07 Å². The maximum absolute atomic E-state index is 13.1. The van der Waals surface area contributed by atoms with Crippen LogP contribution in [0.4, 0.5) is 4.39 Å². The molecule has 0 bridgehead atoms. The number of nitrogens with one attached hydrogen (secondary N) is 1. The molecule has 1 unspecified atom stereocenters. The summed E-state index contributed by atoms with van der Waals surface area (Å²) in [5, 5.41) is 3.89. The van der Waals surface area contributed by atoms with Gasteiger partial charge in [0.05, 0.1) is 0 Å². The molecule has 2 rings (SSSR count). The van der Waals surface area contributed by atoms with Crippen molar-refractivity contribution >= 4 is 11.6 Å². The molecule has 1 aliphatic rings. The lowest BCUT2D eigenvalue weighted by molar-refractivity contribution is 0.594. The van der Waals surface area contributed by atoms with Gasteiger partial charge in [-0.2, -0.15) is 0 Å². The standard InChI is InChI=1S/C16H21ClFN/c1-19-16(12-6-4-2-3-5-7-12)10-13-8-9-14(18)11-15(13)17/h6,8-9,11,16,19H,2-5,7,10H2,1H3. The largest absolute Gasteiger partial charge is 0.313 e. The van der Waals surface area contributed by atoms with Crippen LogP contribution in [0, 0.1) is 5.82 Å². The second kappa shape index (κ2) is 7.06. The van der Waals surface area contributed by atoms with Crippen molar-refractivity contribution in [3.05, 3.63) is 46.3 Å². The monoisotopic (exact) mass is 281 g/mol. The fourth-order valence-electron chi connectivity index (χ4n) is 2.68. The third-order valence-corrected chi connectivity index (χ3v) is 4.16. The van der Waals surface area contributed by atoms with Gasteiger partial charge in [-0.25, -0.2) is 4.39 Å². The molecule has 19 heavy (non-hydrogen) atoms. The highest BCUT2D eigenvalue weighted by Crippen LogP contribution is 2.25. The van der Waals surface area contributed by atoms with Crippen LogP contribution in [0.25, 0.3) is 0 Å². The quantitative estimate of drug-likeness (QED) is 0.801. The van der Waals surface area contributed by atoms with E-state index >= 15 is 0 Å². The number of halogens is 2. The SMILES string of the molecule is CNC(Cc1ccc(F)cc1Cl)C1=CCCCCC1. The summed E-state index contributed by atoms with van der Waals surface area (Å²) in [6, 6.07) is 4.97. The van der Waals surface area contributed by atoms with Gasteiger partial charge in [0, 0.05) is 11.1 Å². The van der Waals surface area contributed by atoms with Crippen molar-refractivity contribution in [2.45, 2.75) is 44.6 Å². The van der Waals surface area contributed by atoms with Crippen LogP contribution in [0.15, 0.2) is 29.8 Å². The molecule has 1 aromatic carbocycles. The average molecular weight is 282 g/mol. The molecule has 1 aromatic rings. The zero-order valence-electron chi connectivity index (χ0n) is 11.4. The van der Waals surface area contributed by atoms with Gasteiger partial charge in [0.15, 0.2) is 0 Å². The van der Waals surface area contributed by atoms with E-state index in [9.17, 15) is 4.39 Å². The zero-order valence-corrected chi connectivity index (χ0v) is 12.1. The van der Waals surface area contributed by atoms with Crippen molar-refractivity contribution in [1.29, 1.82) is 0 Å². The van der Waals surface area contributed by atoms with Crippen LogP contribution in [0.2, 0.25) is 5.02 Å². The summed E-state index contributed by atoms with van der Waals surface area (Å²) in [4.78, 5) is 0. The lowest BCUT2D eigenvalue weighted by Crippen LogP contribution is -2.30. The molecule has 3 heteroatoms. The Labute approximate surface area is 119 Å². The van der Waals surface area contributed by atoms with Crippen molar-refractivity contribution in [3.8, 4) is 0 Å². The molecule has 0 aliphatic heterocycles. The van der Waals surface area contributed by atoms with E-state index in [1.807, 2.05) is 7.05 Å². The van der Waals surface area contributed by atoms with E-state index < -0.39 is 0 Å². The summed E-state index contributed by atoms with van der Waals surface area (Å²) in [5.74, 6) is -0.275.